The number of rotatable bonds is 6. The van der Waals surface area contributed by atoms with Gasteiger partial charge in [-0.3, -0.25) is 0 Å². The number of alkyl halides is 3. The second-order valence-corrected chi connectivity index (χ2v) is 7.47. The van der Waals surface area contributed by atoms with Gasteiger partial charge in [-0.15, -0.1) is 0 Å². The van der Waals surface area contributed by atoms with Crippen molar-refractivity contribution in [1.82, 2.24) is 4.98 Å². The van der Waals surface area contributed by atoms with E-state index in [-0.39, 0.29) is 23.6 Å². The molecule has 1 heterocycles. The van der Waals surface area contributed by atoms with Crippen molar-refractivity contribution in [2.75, 3.05) is 0 Å². The summed E-state index contributed by atoms with van der Waals surface area (Å²) in [5.41, 5.74) is -0.685. The Kier molecular flexibility index (Phi) is 5.54. The van der Waals surface area contributed by atoms with E-state index in [9.17, 15) is 23.1 Å². The number of aromatic nitrogens is 1. The third-order valence-corrected chi connectivity index (χ3v) is 5.49. The summed E-state index contributed by atoms with van der Waals surface area (Å²) in [4.78, 5) is 16.6. The lowest BCUT2D eigenvalue weighted by molar-refractivity contribution is -0.159. The van der Waals surface area contributed by atoms with Crippen LogP contribution >= 0.6 is 0 Å². The minimum absolute atomic E-state index is 0.00954. The molecular weight excluding hydrogens is 423 g/mol. The highest BCUT2D eigenvalue weighted by atomic mass is 19.4. The maximum atomic E-state index is 13.1. The fourth-order valence-electron chi connectivity index (χ4n) is 3.73. The van der Waals surface area contributed by atoms with E-state index in [1.54, 1.807) is 19.1 Å². The predicted octanol–water partition coefficient (Wildman–Crippen LogP) is 6.09. The Morgan fingerprint density at radius 3 is 2.72 bits per heavy atom. The lowest BCUT2D eigenvalue weighted by Crippen LogP contribution is -2.41. The number of halogens is 3. The van der Waals surface area contributed by atoms with Gasteiger partial charge in [0.25, 0.3) is 11.5 Å². The molecule has 32 heavy (non-hydrogen) atoms. The Labute approximate surface area is 182 Å². The van der Waals surface area contributed by atoms with Gasteiger partial charge in [0.15, 0.2) is 0 Å². The van der Waals surface area contributed by atoms with Gasteiger partial charge in [0.2, 0.25) is 0 Å². The van der Waals surface area contributed by atoms with Crippen LogP contribution in [0.3, 0.4) is 0 Å². The second-order valence-electron chi connectivity index (χ2n) is 7.47. The van der Waals surface area contributed by atoms with Crippen molar-refractivity contribution in [2.24, 2.45) is 0 Å². The Morgan fingerprint density at radius 2 is 2.00 bits per heavy atom. The van der Waals surface area contributed by atoms with E-state index in [0.717, 1.165) is 35.9 Å². The third-order valence-electron chi connectivity index (χ3n) is 5.49. The molecule has 1 atom stereocenters. The summed E-state index contributed by atoms with van der Waals surface area (Å²) in [6, 6.07) is 9.99. The topological polar surface area (TPSA) is 72.6 Å². The Hall–Kier alpha value is -3.55. The molecule has 166 valence electrons. The molecule has 0 amide bonds. The van der Waals surface area contributed by atoms with Gasteiger partial charge in [-0.05, 0) is 36.6 Å². The van der Waals surface area contributed by atoms with Crippen molar-refractivity contribution in [2.45, 2.75) is 38.0 Å². The zero-order valence-corrected chi connectivity index (χ0v) is 17.1. The number of carbonyl (C=O) groups is 1. The van der Waals surface area contributed by atoms with Crippen LogP contribution in [0.1, 0.15) is 42.3 Å². The molecule has 2 aromatic carbocycles. The van der Waals surface area contributed by atoms with Crippen LogP contribution < -0.4 is 4.74 Å². The fraction of sp³-hybridized carbons (Fsp3) is 0.250. The number of allylic oxidation sites excluding steroid dienone is 1. The first-order valence-corrected chi connectivity index (χ1v) is 10.1. The second kappa shape index (κ2) is 8.18. The maximum Gasteiger partial charge on any atom is 0.416 e. The first-order valence-electron chi connectivity index (χ1n) is 10.1. The third kappa shape index (κ3) is 3.88. The standard InChI is InChI=1S/C24H20F3NO4/c1-2-23(22(29)30,32-20-12-6-8-15-7-3-4-11-18(15)20)21-28-19(14-31-21)16-9-5-10-17(13-16)24(25,26)27/h3,5-10,12-14H,2,4,11H2,1H3,(H,29,30). The van der Waals surface area contributed by atoms with Crippen molar-refractivity contribution < 1.29 is 32.2 Å². The van der Waals surface area contributed by atoms with Gasteiger partial charge in [0, 0.05) is 17.5 Å². The van der Waals surface area contributed by atoms with Gasteiger partial charge in [-0.25, -0.2) is 9.78 Å². The van der Waals surface area contributed by atoms with Crippen molar-refractivity contribution in [3.8, 4) is 17.0 Å². The molecular formula is C24H20F3NO4. The molecule has 1 aliphatic carbocycles. The molecule has 3 aromatic rings. The average molecular weight is 443 g/mol. The van der Waals surface area contributed by atoms with Gasteiger partial charge in [-0.2, -0.15) is 13.2 Å². The molecule has 1 aromatic heterocycles. The van der Waals surface area contributed by atoms with E-state index < -0.39 is 23.3 Å². The number of benzene rings is 2. The molecule has 1 unspecified atom stereocenters. The Morgan fingerprint density at radius 1 is 1.22 bits per heavy atom. The van der Waals surface area contributed by atoms with E-state index in [0.29, 0.717) is 12.2 Å². The number of oxazole rings is 1. The van der Waals surface area contributed by atoms with Crippen LogP contribution in [0.2, 0.25) is 0 Å². The zero-order chi connectivity index (χ0) is 22.9. The number of hydrogen-bond acceptors (Lipinski definition) is 4. The maximum absolute atomic E-state index is 13.1. The molecule has 0 aliphatic heterocycles. The van der Waals surface area contributed by atoms with Crippen LogP contribution in [0.25, 0.3) is 17.3 Å². The molecule has 0 radical (unpaired) electrons. The van der Waals surface area contributed by atoms with Gasteiger partial charge in [0.05, 0.1) is 5.56 Å². The van der Waals surface area contributed by atoms with Crippen molar-refractivity contribution in [1.29, 1.82) is 0 Å². The summed E-state index contributed by atoms with van der Waals surface area (Å²) in [6.07, 6.45) is 2.11. The smallest absolute Gasteiger partial charge is 0.416 e. The molecule has 0 spiro atoms. The minimum Gasteiger partial charge on any atom is -0.478 e. The van der Waals surface area contributed by atoms with Crippen molar-refractivity contribution in [3.05, 3.63) is 77.4 Å². The average Bonchev–Trinajstić information content (AvgIpc) is 3.27. The van der Waals surface area contributed by atoms with Gasteiger partial charge < -0.3 is 14.3 Å². The normalized spacial score (nSPS) is 15.1. The van der Waals surface area contributed by atoms with Gasteiger partial charge in [0.1, 0.15) is 17.7 Å². The van der Waals surface area contributed by atoms with Crippen LogP contribution in [0, 0.1) is 0 Å². The molecule has 4 rings (SSSR count). The minimum atomic E-state index is -4.51. The SMILES string of the molecule is CCC(Oc1cccc2c1CCC=C2)(C(=O)O)c1nc(-c2cccc(C(F)(F)F)c2)co1. The summed E-state index contributed by atoms with van der Waals surface area (Å²) in [6.45, 7) is 1.62. The molecule has 0 fully saturated rings. The fourth-order valence-corrected chi connectivity index (χ4v) is 3.73. The molecule has 5 nitrogen and oxygen atoms in total. The highest BCUT2D eigenvalue weighted by molar-refractivity contribution is 5.79. The lowest BCUT2D eigenvalue weighted by atomic mass is 9.95. The van der Waals surface area contributed by atoms with E-state index >= 15 is 0 Å². The van der Waals surface area contributed by atoms with Crippen LogP contribution in [0.5, 0.6) is 5.75 Å². The molecule has 1 aliphatic rings. The van der Waals surface area contributed by atoms with Crippen molar-refractivity contribution in [3.63, 3.8) is 0 Å². The Bertz CT molecular complexity index is 1180. The molecule has 0 saturated carbocycles. The summed E-state index contributed by atoms with van der Waals surface area (Å²) < 4.78 is 50.7. The first-order chi connectivity index (χ1) is 15.2. The predicted molar refractivity (Wildman–Crippen MR) is 111 cm³/mol. The summed E-state index contributed by atoms with van der Waals surface area (Å²) >= 11 is 0. The van der Waals surface area contributed by atoms with E-state index in [1.807, 2.05) is 18.2 Å². The summed E-state index contributed by atoms with van der Waals surface area (Å²) in [5.74, 6) is -1.12. The first kappa shape index (κ1) is 21.7. The number of carboxylic acids is 1. The van der Waals surface area contributed by atoms with E-state index in [1.165, 1.54) is 12.1 Å². The van der Waals surface area contributed by atoms with Crippen LogP contribution in [0.15, 0.2) is 59.2 Å². The summed E-state index contributed by atoms with van der Waals surface area (Å²) in [5, 5.41) is 10.1. The molecule has 1 N–H and O–H groups in total. The molecule has 8 heteroatoms. The van der Waals surface area contributed by atoms with E-state index in [4.69, 9.17) is 9.15 Å². The molecule has 0 saturated heterocycles. The Balaban J connectivity index is 1.74. The number of fused-ring (bicyclic) bond motifs is 1. The number of ether oxygens (including phenoxy) is 1. The number of carboxylic acid groups (broad SMARTS) is 1. The highest BCUT2D eigenvalue weighted by Crippen LogP contribution is 2.38. The number of hydrogen-bond donors (Lipinski definition) is 1. The van der Waals surface area contributed by atoms with Crippen LogP contribution in [-0.2, 0) is 23.0 Å². The monoisotopic (exact) mass is 443 g/mol. The number of nitrogens with zero attached hydrogens (tertiary/aromatic N) is 1. The molecule has 0 bridgehead atoms. The lowest BCUT2D eigenvalue weighted by Gasteiger charge is -2.28. The zero-order valence-electron chi connectivity index (χ0n) is 17.1. The largest absolute Gasteiger partial charge is 0.478 e. The number of aliphatic carboxylic acids is 1. The van der Waals surface area contributed by atoms with E-state index in [2.05, 4.69) is 4.98 Å². The highest BCUT2D eigenvalue weighted by Gasteiger charge is 2.47. The van der Waals surface area contributed by atoms with Crippen LogP contribution in [-0.4, -0.2) is 16.1 Å². The van der Waals surface area contributed by atoms with Crippen LogP contribution in [0.4, 0.5) is 13.2 Å². The van der Waals surface area contributed by atoms with Gasteiger partial charge >= 0.3 is 12.1 Å². The quantitative estimate of drug-likeness (QED) is 0.499. The van der Waals surface area contributed by atoms with Gasteiger partial charge in [-0.1, -0.05) is 43.3 Å². The summed E-state index contributed by atoms with van der Waals surface area (Å²) in [7, 11) is 0. The van der Waals surface area contributed by atoms with Crippen molar-refractivity contribution >= 4 is 12.0 Å².